The summed E-state index contributed by atoms with van der Waals surface area (Å²) in [6.45, 7) is 19.1. The SMILES string of the molecule is CN1CCC[N](C(C)(C)C)[AlH][N](C(C)(C)C)CC1. The van der Waals surface area contributed by atoms with Gasteiger partial charge in [-0.15, -0.1) is 0 Å². The minimum atomic E-state index is -0.334. The maximum Gasteiger partial charge on any atom is 0.463 e. The minimum Gasteiger partial charge on any atom is -0.369 e. The Labute approximate surface area is 121 Å². The summed E-state index contributed by atoms with van der Waals surface area (Å²) in [6.07, 6.45) is 1.30. The molecule has 0 bridgehead atoms. The first kappa shape index (κ1) is 16.5. The van der Waals surface area contributed by atoms with Crippen LogP contribution in [0.15, 0.2) is 0 Å². The van der Waals surface area contributed by atoms with E-state index in [4.69, 9.17) is 0 Å². The van der Waals surface area contributed by atoms with Crippen molar-refractivity contribution >= 4 is 15.7 Å². The van der Waals surface area contributed by atoms with Gasteiger partial charge in [-0.25, -0.2) is 0 Å². The second-order valence-electron chi connectivity index (χ2n) is 7.67. The molecule has 0 aromatic carbocycles. The molecule has 1 heterocycles. The van der Waals surface area contributed by atoms with Gasteiger partial charge in [0.25, 0.3) is 0 Å². The molecule has 1 fully saturated rings. The highest BCUT2D eigenvalue weighted by Crippen LogP contribution is 2.19. The lowest BCUT2D eigenvalue weighted by Crippen LogP contribution is -2.56. The summed E-state index contributed by atoms with van der Waals surface area (Å²) in [4.78, 5) is 2.49. The highest BCUT2D eigenvalue weighted by Gasteiger charge is 2.31. The Morgan fingerprint density at radius 2 is 1.22 bits per heavy atom. The van der Waals surface area contributed by atoms with Crippen molar-refractivity contribution in [2.45, 2.75) is 59.0 Å². The predicted octanol–water partition coefficient (Wildman–Crippen LogP) is 1.79. The average Bonchev–Trinajstić information content (AvgIpc) is 2.26. The van der Waals surface area contributed by atoms with Gasteiger partial charge in [-0.05, 0) is 85.7 Å². The van der Waals surface area contributed by atoms with Gasteiger partial charge in [-0.3, -0.25) is 0 Å². The zero-order valence-corrected chi connectivity index (χ0v) is 15.0. The van der Waals surface area contributed by atoms with Crippen molar-refractivity contribution in [3.8, 4) is 0 Å². The van der Waals surface area contributed by atoms with E-state index in [0.29, 0.717) is 11.1 Å². The molecule has 106 valence electrons. The quantitative estimate of drug-likeness (QED) is 0.621. The van der Waals surface area contributed by atoms with Gasteiger partial charge in [0.15, 0.2) is 0 Å². The lowest BCUT2D eigenvalue weighted by atomic mass is 10.1. The molecule has 0 N–H and O–H groups in total. The molecule has 0 radical (unpaired) electrons. The molecule has 0 unspecified atom stereocenters. The van der Waals surface area contributed by atoms with Crippen LogP contribution in [0.1, 0.15) is 48.0 Å². The maximum atomic E-state index is 2.76. The van der Waals surface area contributed by atoms with Crippen molar-refractivity contribution in [1.29, 1.82) is 0 Å². The van der Waals surface area contributed by atoms with E-state index in [0.717, 1.165) is 0 Å². The Morgan fingerprint density at radius 1 is 0.722 bits per heavy atom. The third kappa shape index (κ3) is 5.19. The van der Waals surface area contributed by atoms with Gasteiger partial charge < -0.3 is 12.7 Å². The van der Waals surface area contributed by atoms with Crippen LogP contribution in [0.4, 0.5) is 0 Å². The van der Waals surface area contributed by atoms with Gasteiger partial charge in [-0.1, -0.05) is 0 Å². The summed E-state index contributed by atoms with van der Waals surface area (Å²) in [6, 6.07) is 0. The molecule has 1 saturated heterocycles. The van der Waals surface area contributed by atoms with Crippen molar-refractivity contribution in [3.63, 3.8) is 0 Å². The predicted molar refractivity (Wildman–Crippen MR) is 82.2 cm³/mol. The first-order valence-corrected chi connectivity index (χ1v) is 8.56. The Morgan fingerprint density at radius 3 is 1.72 bits per heavy atom. The minimum absolute atomic E-state index is 0.306. The molecule has 4 heteroatoms. The fourth-order valence-corrected chi connectivity index (χ4v) is 4.29. The second kappa shape index (κ2) is 6.24. The van der Waals surface area contributed by atoms with E-state index in [9.17, 15) is 0 Å². The standard InChI is InChI=1S/C14H31N3.Al.H/c1-13(2,3)15-9-8-11-17(7)12-10-16-14(4,5)6;;/h8-12H2,1-7H3;;/q-2;+2;. The zero-order valence-electron chi connectivity index (χ0n) is 13.6. The summed E-state index contributed by atoms with van der Waals surface area (Å²) in [5.41, 5.74) is 0.625. The molecule has 0 aromatic heterocycles. The van der Waals surface area contributed by atoms with E-state index < -0.39 is 0 Å². The van der Waals surface area contributed by atoms with E-state index in [2.05, 4.69) is 61.3 Å². The van der Waals surface area contributed by atoms with Gasteiger partial charge in [0.2, 0.25) is 0 Å². The highest BCUT2D eigenvalue weighted by molar-refractivity contribution is 6.29. The van der Waals surface area contributed by atoms with Crippen LogP contribution in [0.25, 0.3) is 0 Å². The summed E-state index contributed by atoms with van der Waals surface area (Å²) >= 11 is -0.334. The Kier molecular flexibility index (Phi) is 5.71. The van der Waals surface area contributed by atoms with E-state index in [1.165, 1.54) is 32.6 Å². The van der Waals surface area contributed by atoms with Gasteiger partial charge in [0.05, 0.1) is 0 Å². The number of hydrogen-bond acceptors (Lipinski definition) is 3. The zero-order chi connectivity index (χ0) is 14.0. The van der Waals surface area contributed by atoms with Crippen LogP contribution < -0.4 is 0 Å². The first-order chi connectivity index (χ1) is 8.10. The molecule has 1 aliphatic rings. The van der Waals surface area contributed by atoms with Crippen molar-refractivity contribution in [3.05, 3.63) is 0 Å². The van der Waals surface area contributed by atoms with Crippen molar-refractivity contribution in [2.24, 2.45) is 0 Å². The van der Waals surface area contributed by atoms with Crippen molar-refractivity contribution in [2.75, 3.05) is 33.2 Å². The topological polar surface area (TPSA) is 9.72 Å². The highest BCUT2D eigenvalue weighted by atomic mass is 27.1. The van der Waals surface area contributed by atoms with Crippen LogP contribution in [-0.2, 0) is 0 Å². The number of hydrogen-bond donors (Lipinski definition) is 0. The molecule has 0 atom stereocenters. The van der Waals surface area contributed by atoms with E-state index in [1.54, 1.807) is 0 Å². The fourth-order valence-electron chi connectivity index (χ4n) is 2.38. The number of likely N-dealkylation sites (N-methyl/N-ethyl adjacent to an activating group) is 1. The average molecular weight is 269 g/mol. The first-order valence-electron chi connectivity index (χ1n) is 7.29. The van der Waals surface area contributed by atoms with Crippen molar-refractivity contribution < 1.29 is 0 Å². The smallest absolute Gasteiger partial charge is 0.369 e. The van der Waals surface area contributed by atoms with Crippen LogP contribution in [-0.4, -0.2) is 72.6 Å². The molecule has 0 saturated carbocycles. The van der Waals surface area contributed by atoms with E-state index in [1.807, 2.05) is 0 Å². The third-order valence-electron chi connectivity index (χ3n) is 3.96. The molecular formula is C14H32AlN3. The van der Waals surface area contributed by atoms with Gasteiger partial charge in [-0.2, -0.15) is 0 Å². The lowest BCUT2D eigenvalue weighted by molar-refractivity contribution is 0.191. The Hall–Kier alpha value is 0.412. The van der Waals surface area contributed by atoms with E-state index in [-0.39, 0.29) is 15.7 Å². The summed E-state index contributed by atoms with van der Waals surface area (Å²) in [5.74, 6) is 0. The van der Waals surface area contributed by atoms with Crippen LogP contribution in [0, 0.1) is 0 Å². The Bertz CT molecular complexity index is 255. The van der Waals surface area contributed by atoms with Crippen LogP contribution >= 0.6 is 0 Å². The second-order valence-corrected chi connectivity index (χ2v) is 9.48. The molecule has 0 aromatic rings. The summed E-state index contributed by atoms with van der Waals surface area (Å²) < 4.78 is 5.51. The van der Waals surface area contributed by atoms with E-state index >= 15 is 0 Å². The molecule has 3 nitrogen and oxygen atoms in total. The normalized spacial score (nSPS) is 23.1. The third-order valence-corrected chi connectivity index (χ3v) is 7.17. The molecule has 0 aliphatic carbocycles. The molecule has 18 heavy (non-hydrogen) atoms. The van der Waals surface area contributed by atoms with Gasteiger partial charge >= 0.3 is 15.7 Å². The largest absolute Gasteiger partial charge is 0.463 e. The Balaban J connectivity index is 2.82. The van der Waals surface area contributed by atoms with Crippen molar-refractivity contribution in [1.82, 2.24) is 12.7 Å². The molecule has 0 spiro atoms. The van der Waals surface area contributed by atoms with Crippen LogP contribution in [0.5, 0.6) is 0 Å². The molecular weight excluding hydrogens is 237 g/mol. The lowest BCUT2D eigenvalue weighted by Gasteiger charge is -2.43. The molecule has 1 aliphatic heterocycles. The van der Waals surface area contributed by atoms with Crippen LogP contribution in [0.2, 0.25) is 0 Å². The molecule has 1 rings (SSSR count). The van der Waals surface area contributed by atoms with Crippen LogP contribution in [0.3, 0.4) is 0 Å². The molecule has 0 amide bonds. The number of rotatable bonds is 0. The fraction of sp³-hybridized carbons (Fsp3) is 1.00. The summed E-state index contributed by atoms with van der Waals surface area (Å²) in [7, 11) is 2.26. The number of nitrogens with zero attached hydrogens (tertiary/aromatic N) is 3. The maximum absolute atomic E-state index is 2.76. The van der Waals surface area contributed by atoms with Gasteiger partial charge in [0, 0.05) is 6.54 Å². The summed E-state index contributed by atoms with van der Waals surface area (Å²) in [5, 5.41) is 0. The van der Waals surface area contributed by atoms with Gasteiger partial charge in [0.1, 0.15) is 0 Å². The monoisotopic (exact) mass is 269 g/mol.